The number of methoxy groups -OCH3 is 2. The summed E-state index contributed by atoms with van der Waals surface area (Å²) in [5, 5.41) is 13.6. The van der Waals surface area contributed by atoms with E-state index in [1.54, 1.807) is 0 Å². The predicted octanol–water partition coefficient (Wildman–Crippen LogP) is 3.53. The zero-order valence-corrected chi connectivity index (χ0v) is 19.3. The number of hydrogen-bond donors (Lipinski definition) is 2. The first-order valence-electron chi connectivity index (χ1n) is 9.54. The van der Waals surface area contributed by atoms with E-state index in [9.17, 15) is 9.90 Å². The largest absolute Gasteiger partial charge is 0.505 e. The molecule has 9 nitrogen and oxygen atoms in total. The molecular weight excluding hydrogens is 418 g/mol. The van der Waals surface area contributed by atoms with Gasteiger partial charge in [-0.3, -0.25) is 0 Å². The summed E-state index contributed by atoms with van der Waals surface area (Å²) in [5.41, 5.74) is 0.106. The van der Waals surface area contributed by atoms with Crippen LogP contribution in [0.2, 0.25) is 25.7 Å². The number of esters is 1. The normalized spacial score (nSPS) is 10.7. The van der Waals surface area contributed by atoms with Crippen LogP contribution in [0.15, 0.2) is 18.2 Å². The van der Waals surface area contributed by atoms with Crippen molar-refractivity contribution in [3.05, 3.63) is 23.8 Å². The Balaban J connectivity index is 2.41. The molecule has 0 unspecified atom stereocenters. The zero-order chi connectivity index (χ0) is 23.0. The number of ether oxygens (including phenoxy) is 4. The molecular formula is C21H27N3O6Si. The highest BCUT2D eigenvalue weighted by molar-refractivity contribution is 6.76. The topological polar surface area (TPSA) is 112 Å². The number of hydrogen-bond acceptors (Lipinski definition) is 9. The third-order valence-electron chi connectivity index (χ3n) is 4.09. The van der Waals surface area contributed by atoms with Gasteiger partial charge in [0.2, 0.25) is 11.8 Å². The smallest absolute Gasteiger partial charge is 0.345 e. The van der Waals surface area contributed by atoms with Crippen molar-refractivity contribution < 1.29 is 28.8 Å². The van der Waals surface area contributed by atoms with Crippen molar-refractivity contribution in [2.75, 3.05) is 32.7 Å². The van der Waals surface area contributed by atoms with Crippen LogP contribution in [0.1, 0.15) is 10.4 Å². The van der Waals surface area contributed by atoms with Crippen LogP contribution in [0, 0.1) is 12.3 Å². The fraction of sp³-hybridized carbons (Fsp3) is 0.381. The second-order valence-electron chi connectivity index (χ2n) is 7.68. The lowest BCUT2D eigenvalue weighted by molar-refractivity contribution is 0.0519. The van der Waals surface area contributed by atoms with Crippen molar-refractivity contribution in [2.45, 2.75) is 25.7 Å². The van der Waals surface area contributed by atoms with Gasteiger partial charge < -0.3 is 29.4 Å². The number of nitrogens with zero attached hydrogens (tertiary/aromatic N) is 2. The van der Waals surface area contributed by atoms with E-state index < -0.39 is 14.0 Å². The molecule has 166 valence electrons. The summed E-state index contributed by atoms with van der Waals surface area (Å²) in [6, 6.07) is 5.14. The van der Waals surface area contributed by atoms with Gasteiger partial charge in [0.05, 0.1) is 39.1 Å². The van der Waals surface area contributed by atoms with Gasteiger partial charge in [-0.15, -0.1) is 6.42 Å². The van der Waals surface area contributed by atoms with Gasteiger partial charge in [-0.25, -0.2) is 4.79 Å². The number of carbonyl (C=O) groups excluding carboxylic acids is 1. The van der Waals surface area contributed by atoms with Crippen molar-refractivity contribution in [3.8, 4) is 41.6 Å². The van der Waals surface area contributed by atoms with E-state index in [-0.39, 0.29) is 53.7 Å². The number of carbonyl (C=O) groups is 1. The quantitative estimate of drug-likeness (QED) is 0.245. The number of terminal acetylenes is 1. The van der Waals surface area contributed by atoms with E-state index in [2.05, 4.69) is 40.8 Å². The minimum atomic E-state index is -1.42. The fourth-order valence-corrected chi connectivity index (χ4v) is 3.12. The second-order valence-corrected chi connectivity index (χ2v) is 13.3. The van der Waals surface area contributed by atoms with Crippen molar-refractivity contribution >= 4 is 19.7 Å². The molecule has 0 bridgehead atoms. The molecule has 2 rings (SSSR count). The Morgan fingerprint density at radius 2 is 1.84 bits per heavy atom. The number of anilines is 1. The molecule has 1 heterocycles. The van der Waals surface area contributed by atoms with Gasteiger partial charge in [-0.1, -0.05) is 25.6 Å². The Kier molecular flexibility index (Phi) is 8.10. The van der Waals surface area contributed by atoms with Gasteiger partial charge in [-0.2, -0.15) is 9.97 Å². The second kappa shape index (κ2) is 10.5. The Hall–Kier alpha value is -3.45. The number of aromatic hydroxyl groups is 1. The van der Waals surface area contributed by atoms with Crippen molar-refractivity contribution in [3.63, 3.8) is 0 Å². The molecule has 0 aliphatic rings. The van der Waals surface area contributed by atoms with E-state index in [0.29, 0.717) is 0 Å². The van der Waals surface area contributed by atoms with Gasteiger partial charge in [0, 0.05) is 8.07 Å². The van der Waals surface area contributed by atoms with Gasteiger partial charge in [-0.05, 0) is 18.2 Å². The first kappa shape index (κ1) is 23.8. The lowest BCUT2D eigenvalue weighted by atomic mass is 10.1. The monoisotopic (exact) mass is 445 g/mol. The Morgan fingerprint density at radius 3 is 2.39 bits per heavy atom. The van der Waals surface area contributed by atoms with Crippen LogP contribution in [-0.4, -0.2) is 56.5 Å². The maximum absolute atomic E-state index is 12.8. The van der Waals surface area contributed by atoms with Crippen LogP contribution in [0.25, 0.3) is 0 Å². The van der Waals surface area contributed by atoms with Gasteiger partial charge in [0.15, 0.2) is 5.75 Å². The van der Waals surface area contributed by atoms with E-state index in [4.69, 9.17) is 25.4 Å². The highest BCUT2D eigenvalue weighted by atomic mass is 28.3. The Morgan fingerprint density at radius 1 is 1.19 bits per heavy atom. The standard InChI is InChI=1S/C21H27N3O6Si/c1-7-10-22-14-8-9-15(30-21-23-16(27-2)13-17(24-21)28-3)18(19(14)25)20(26)29-11-12-31(4,5)6/h1,8-9,13,22,25H,10-12H2,2-6H3. The molecule has 2 aromatic rings. The Labute approximate surface area is 182 Å². The fourth-order valence-electron chi connectivity index (χ4n) is 2.40. The van der Waals surface area contributed by atoms with Crippen LogP contribution in [0.4, 0.5) is 5.69 Å². The summed E-state index contributed by atoms with van der Waals surface area (Å²) in [5.74, 6) is 1.76. The minimum Gasteiger partial charge on any atom is -0.505 e. The van der Waals surface area contributed by atoms with Crippen LogP contribution >= 0.6 is 0 Å². The van der Waals surface area contributed by atoms with Crippen LogP contribution in [0.3, 0.4) is 0 Å². The van der Waals surface area contributed by atoms with Crippen LogP contribution < -0.4 is 19.5 Å². The van der Waals surface area contributed by atoms with Crippen molar-refractivity contribution in [2.24, 2.45) is 0 Å². The molecule has 10 heteroatoms. The van der Waals surface area contributed by atoms with Crippen LogP contribution in [0.5, 0.6) is 29.3 Å². The SMILES string of the molecule is C#CCNc1ccc(Oc2nc(OC)cc(OC)n2)c(C(=O)OCC[Si](C)(C)C)c1O. The third kappa shape index (κ3) is 6.79. The number of rotatable bonds is 10. The predicted molar refractivity (Wildman–Crippen MR) is 119 cm³/mol. The van der Waals surface area contributed by atoms with E-state index >= 15 is 0 Å². The van der Waals surface area contributed by atoms with E-state index in [1.807, 2.05) is 0 Å². The molecule has 0 aliphatic carbocycles. The summed E-state index contributed by atoms with van der Waals surface area (Å²) in [4.78, 5) is 21.0. The number of aromatic nitrogens is 2. The van der Waals surface area contributed by atoms with Crippen LogP contribution in [-0.2, 0) is 4.74 Å². The minimum absolute atomic E-state index is 0.0112. The van der Waals surface area contributed by atoms with Crippen molar-refractivity contribution in [1.29, 1.82) is 0 Å². The summed E-state index contributed by atoms with van der Waals surface area (Å²) < 4.78 is 21.3. The number of benzene rings is 1. The first-order valence-corrected chi connectivity index (χ1v) is 13.2. The first-order chi connectivity index (χ1) is 14.7. The molecule has 0 atom stereocenters. The number of nitrogens with one attached hydrogen (secondary N) is 1. The van der Waals surface area contributed by atoms with E-state index in [1.165, 1.54) is 32.4 Å². The number of phenolic OH excluding ortho intramolecular Hbond substituents is 1. The molecule has 0 amide bonds. The molecule has 0 radical (unpaired) electrons. The molecule has 0 saturated carbocycles. The maximum atomic E-state index is 12.8. The molecule has 31 heavy (non-hydrogen) atoms. The van der Waals surface area contributed by atoms with E-state index in [0.717, 1.165) is 6.04 Å². The average molecular weight is 446 g/mol. The summed E-state index contributed by atoms with van der Waals surface area (Å²) in [7, 11) is 1.45. The summed E-state index contributed by atoms with van der Waals surface area (Å²) in [6.07, 6.45) is 5.27. The van der Waals surface area contributed by atoms with Gasteiger partial charge in [0.25, 0.3) is 0 Å². The average Bonchev–Trinajstić information content (AvgIpc) is 2.72. The molecule has 1 aromatic carbocycles. The third-order valence-corrected chi connectivity index (χ3v) is 5.79. The number of phenols is 1. The molecule has 1 aromatic heterocycles. The molecule has 0 saturated heterocycles. The summed E-state index contributed by atoms with van der Waals surface area (Å²) in [6.45, 7) is 6.91. The van der Waals surface area contributed by atoms with Crippen molar-refractivity contribution in [1.82, 2.24) is 9.97 Å². The maximum Gasteiger partial charge on any atom is 0.345 e. The summed E-state index contributed by atoms with van der Waals surface area (Å²) >= 11 is 0. The highest BCUT2D eigenvalue weighted by Crippen LogP contribution is 2.37. The zero-order valence-electron chi connectivity index (χ0n) is 18.3. The molecule has 0 fully saturated rings. The van der Waals surface area contributed by atoms with Gasteiger partial charge in [0.1, 0.15) is 11.3 Å². The molecule has 2 N–H and O–H groups in total. The van der Waals surface area contributed by atoms with Gasteiger partial charge >= 0.3 is 12.0 Å². The molecule has 0 aliphatic heterocycles. The lowest BCUT2D eigenvalue weighted by Gasteiger charge is -2.17. The molecule has 0 spiro atoms. The highest BCUT2D eigenvalue weighted by Gasteiger charge is 2.24. The lowest BCUT2D eigenvalue weighted by Crippen LogP contribution is -2.23. The Bertz CT molecular complexity index is 947.